The van der Waals surface area contributed by atoms with E-state index in [-0.39, 0.29) is 6.23 Å². The van der Waals surface area contributed by atoms with E-state index in [4.69, 9.17) is 4.74 Å². The molecule has 0 aromatic rings. The summed E-state index contributed by atoms with van der Waals surface area (Å²) in [4.78, 5) is 10.1. The van der Waals surface area contributed by atoms with Crippen LogP contribution in [0.2, 0.25) is 0 Å². The summed E-state index contributed by atoms with van der Waals surface area (Å²) in [6, 6.07) is 0. The van der Waals surface area contributed by atoms with Crippen molar-refractivity contribution in [2.24, 2.45) is 0 Å². The lowest BCUT2D eigenvalue weighted by atomic mass is 10.2. The van der Waals surface area contributed by atoms with E-state index in [0.717, 1.165) is 23.6 Å². The van der Waals surface area contributed by atoms with E-state index in [1.54, 1.807) is 7.11 Å². The van der Waals surface area contributed by atoms with Crippen LogP contribution in [0.15, 0.2) is 0 Å². The number of quaternary nitrogens is 1. The van der Waals surface area contributed by atoms with Gasteiger partial charge in [0.25, 0.3) is 0 Å². The summed E-state index contributed by atoms with van der Waals surface area (Å²) in [5, 5.41) is 0. The van der Waals surface area contributed by atoms with Crippen molar-refractivity contribution in [2.75, 3.05) is 28.3 Å². The van der Waals surface area contributed by atoms with Crippen LogP contribution >= 0.6 is 0 Å². The van der Waals surface area contributed by atoms with E-state index >= 15 is 0 Å². The molecule has 12 heavy (non-hydrogen) atoms. The lowest BCUT2D eigenvalue weighted by molar-refractivity contribution is -0.919. The third kappa shape index (κ3) is 4.46. The summed E-state index contributed by atoms with van der Waals surface area (Å²) in [6.45, 7) is 0. The van der Waals surface area contributed by atoms with Crippen molar-refractivity contribution in [1.29, 1.82) is 0 Å². The Morgan fingerprint density at radius 2 is 2.00 bits per heavy atom. The molecule has 0 amide bonds. The molecule has 72 valence electrons. The minimum absolute atomic E-state index is 0.199. The number of unbranched alkanes of at least 4 members (excludes halogenated alkanes) is 1. The third-order valence-corrected chi connectivity index (χ3v) is 1.91. The fourth-order valence-electron chi connectivity index (χ4n) is 1.20. The first kappa shape index (κ1) is 11.6. The van der Waals surface area contributed by atoms with E-state index in [2.05, 4.69) is 21.1 Å². The van der Waals surface area contributed by atoms with Gasteiger partial charge in [0.1, 0.15) is 6.29 Å². The second-order valence-electron chi connectivity index (χ2n) is 3.90. The van der Waals surface area contributed by atoms with Crippen LogP contribution in [0.25, 0.3) is 0 Å². The molecule has 0 aromatic carbocycles. The molecule has 1 atom stereocenters. The van der Waals surface area contributed by atoms with Gasteiger partial charge in [0, 0.05) is 20.0 Å². The average molecular weight is 174 g/mol. The Morgan fingerprint density at radius 3 is 2.33 bits per heavy atom. The monoisotopic (exact) mass is 174 g/mol. The molecule has 0 aromatic heterocycles. The number of methoxy groups -OCH3 is 1. The van der Waals surface area contributed by atoms with Gasteiger partial charge < -0.3 is 14.0 Å². The summed E-state index contributed by atoms with van der Waals surface area (Å²) in [5.74, 6) is 0. The molecule has 0 saturated carbocycles. The summed E-state index contributed by atoms with van der Waals surface area (Å²) < 4.78 is 6.10. The second kappa shape index (κ2) is 5.27. The Kier molecular flexibility index (Phi) is 5.09. The smallest absolute Gasteiger partial charge is 0.192 e. The summed E-state index contributed by atoms with van der Waals surface area (Å²) >= 11 is 0. The van der Waals surface area contributed by atoms with Crippen molar-refractivity contribution in [3.8, 4) is 0 Å². The summed E-state index contributed by atoms with van der Waals surface area (Å²) in [7, 11) is 7.99. The van der Waals surface area contributed by atoms with Crippen LogP contribution in [0.5, 0.6) is 0 Å². The van der Waals surface area contributed by atoms with Crippen LogP contribution in [-0.2, 0) is 9.53 Å². The van der Waals surface area contributed by atoms with Crippen molar-refractivity contribution in [3.63, 3.8) is 0 Å². The molecule has 3 heteroatoms. The molecule has 0 aliphatic rings. The average Bonchev–Trinajstić information content (AvgIpc) is 1.95. The first-order chi connectivity index (χ1) is 5.52. The molecule has 0 heterocycles. The van der Waals surface area contributed by atoms with Crippen molar-refractivity contribution >= 4 is 6.29 Å². The quantitative estimate of drug-likeness (QED) is 0.260. The number of ether oxygens (including phenoxy) is 1. The van der Waals surface area contributed by atoms with Crippen molar-refractivity contribution in [3.05, 3.63) is 0 Å². The highest BCUT2D eigenvalue weighted by Crippen LogP contribution is 2.11. The molecule has 0 bridgehead atoms. The standard InChI is InChI=1S/C9H20NO2/c1-10(2,3)9(12-4)7-5-6-8-11/h8-9H,5-7H2,1-4H3/q+1. The van der Waals surface area contributed by atoms with Gasteiger partial charge in [0.05, 0.1) is 21.1 Å². The van der Waals surface area contributed by atoms with Crippen molar-refractivity contribution < 1.29 is 14.0 Å². The third-order valence-electron chi connectivity index (χ3n) is 1.91. The SMILES string of the molecule is COC(CCCC=O)[N+](C)(C)C. The molecule has 0 aliphatic carbocycles. The van der Waals surface area contributed by atoms with Gasteiger partial charge in [-0.15, -0.1) is 0 Å². The molecule has 3 nitrogen and oxygen atoms in total. The normalized spacial score (nSPS) is 14.3. The Hall–Kier alpha value is -0.410. The number of carbonyl (C=O) groups is 1. The van der Waals surface area contributed by atoms with Gasteiger partial charge in [-0.25, -0.2) is 0 Å². The Morgan fingerprint density at radius 1 is 1.42 bits per heavy atom. The van der Waals surface area contributed by atoms with Gasteiger partial charge in [-0.3, -0.25) is 0 Å². The maximum absolute atomic E-state index is 10.1. The van der Waals surface area contributed by atoms with Gasteiger partial charge in [-0.2, -0.15) is 0 Å². The predicted molar refractivity (Wildman–Crippen MR) is 48.7 cm³/mol. The van der Waals surface area contributed by atoms with Crippen molar-refractivity contribution in [2.45, 2.75) is 25.5 Å². The van der Waals surface area contributed by atoms with Crippen LogP contribution in [-0.4, -0.2) is 45.2 Å². The molecule has 0 fully saturated rings. The van der Waals surface area contributed by atoms with Crippen LogP contribution in [0, 0.1) is 0 Å². The highest BCUT2D eigenvalue weighted by atomic mass is 16.5. The zero-order valence-corrected chi connectivity index (χ0v) is 8.54. The van der Waals surface area contributed by atoms with Gasteiger partial charge >= 0.3 is 0 Å². The summed E-state index contributed by atoms with van der Waals surface area (Å²) in [6.07, 6.45) is 3.66. The van der Waals surface area contributed by atoms with Crippen molar-refractivity contribution in [1.82, 2.24) is 0 Å². The molecule has 0 saturated heterocycles. The number of hydrogen-bond acceptors (Lipinski definition) is 2. The van der Waals surface area contributed by atoms with Crippen LogP contribution in [0.3, 0.4) is 0 Å². The topological polar surface area (TPSA) is 26.3 Å². The molecular formula is C9H20NO2+. The second-order valence-corrected chi connectivity index (χ2v) is 3.90. The minimum atomic E-state index is 0.199. The Balaban J connectivity index is 3.75. The summed E-state index contributed by atoms with van der Waals surface area (Å²) in [5.41, 5.74) is 0. The molecular weight excluding hydrogens is 154 g/mol. The maximum atomic E-state index is 10.1. The van der Waals surface area contributed by atoms with E-state index in [1.807, 2.05) is 0 Å². The van der Waals surface area contributed by atoms with E-state index in [9.17, 15) is 4.79 Å². The minimum Gasteiger partial charge on any atom is -0.332 e. The molecule has 0 radical (unpaired) electrons. The molecule has 0 aliphatic heterocycles. The fourth-order valence-corrected chi connectivity index (χ4v) is 1.20. The molecule has 0 spiro atoms. The highest BCUT2D eigenvalue weighted by Gasteiger charge is 2.21. The molecule has 1 unspecified atom stereocenters. The molecule has 0 N–H and O–H groups in total. The number of nitrogens with zero attached hydrogens (tertiary/aromatic N) is 1. The highest BCUT2D eigenvalue weighted by molar-refractivity contribution is 5.48. The zero-order chi connectivity index (χ0) is 9.61. The molecule has 0 rings (SSSR count). The lowest BCUT2D eigenvalue weighted by Gasteiger charge is -2.32. The predicted octanol–water partition coefficient (Wildman–Crippen LogP) is 1.03. The first-order valence-electron chi connectivity index (χ1n) is 4.30. The van der Waals surface area contributed by atoms with Gasteiger partial charge in [-0.1, -0.05) is 0 Å². The van der Waals surface area contributed by atoms with E-state index < -0.39 is 0 Å². The van der Waals surface area contributed by atoms with Crippen LogP contribution in [0.4, 0.5) is 0 Å². The first-order valence-corrected chi connectivity index (χ1v) is 4.30. The Bertz CT molecular complexity index is 129. The van der Waals surface area contributed by atoms with Gasteiger partial charge in [-0.05, 0) is 6.42 Å². The van der Waals surface area contributed by atoms with E-state index in [0.29, 0.717) is 6.42 Å². The maximum Gasteiger partial charge on any atom is 0.192 e. The number of hydrogen-bond donors (Lipinski definition) is 0. The van der Waals surface area contributed by atoms with Crippen LogP contribution in [0.1, 0.15) is 19.3 Å². The number of rotatable bonds is 6. The zero-order valence-electron chi connectivity index (χ0n) is 8.54. The van der Waals surface area contributed by atoms with Gasteiger partial charge in [0.15, 0.2) is 6.23 Å². The largest absolute Gasteiger partial charge is 0.332 e. The van der Waals surface area contributed by atoms with E-state index in [1.165, 1.54) is 0 Å². The van der Waals surface area contributed by atoms with Crippen LogP contribution < -0.4 is 0 Å². The number of aldehydes is 1. The Labute approximate surface area is 74.9 Å². The fraction of sp³-hybridized carbons (Fsp3) is 0.889. The van der Waals surface area contributed by atoms with Gasteiger partial charge in [0.2, 0.25) is 0 Å². The lowest BCUT2D eigenvalue weighted by Crippen LogP contribution is -2.46. The number of carbonyl (C=O) groups excluding carboxylic acids is 1.